The fourth-order valence-corrected chi connectivity index (χ4v) is 2.76. The molecule has 1 aromatic carbocycles. The molecule has 2 N–H and O–H groups in total. The van der Waals surface area contributed by atoms with Crippen LogP contribution in [0.25, 0.3) is 10.9 Å². The standard InChI is InChI=1S/C14H15N3/c15-8-11-2-1-3-13-14(11)12(9-17-13)10-4-6-16-7-5-10/h1-3,9-10,16-17H,4-7H2. The van der Waals surface area contributed by atoms with Crippen LogP contribution in [-0.2, 0) is 0 Å². The van der Waals surface area contributed by atoms with Gasteiger partial charge in [0.2, 0.25) is 0 Å². The molecule has 1 fully saturated rings. The lowest BCUT2D eigenvalue weighted by molar-refractivity contribution is 0.462. The third kappa shape index (κ3) is 1.71. The van der Waals surface area contributed by atoms with Gasteiger partial charge in [0.1, 0.15) is 0 Å². The molecule has 1 aliphatic heterocycles. The lowest BCUT2D eigenvalue weighted by atomic mass is 9.89. The molecule has 2 aromatic rings. The molecule has 0 spiro atoms. The Labute approximate surface area is 100 Å². The van der Waals surface area contributed by atoms with Gasteiger partial charge in [0.25, 0.3) is 0 Å². The van der Waals surface area contributed by atoms with Gasteiger partial charge < -0.3 is 10.3 Å². The minimum absolute atomic E-state index is 0.583. The molecule has 0 amide bonds. The first kappa shape index (κ1) is 10.4. The number of nitriles is 1. The van der Waals surface area contributed by atoms with Crippen molar-refractivity contribution in [1.82, 2.24) is 10.3 Å². The number of aromatic nitrogens is 1. The van der Waals surface area contributed by atoms with Gasteiger partial charge in [-0.1, -0.05) is 6.07 Å². The second-order valence-corrected chi connectivity index (χ2v) is 4.61. The Morgan fingerprint density at radius 2 is 2.06 bits per heavy atom. The van der Waals surface area contributed by atoms with Gasteiger partial charge in [-0.05, 0) is 49.5 Å². The highest BCUT2D eigenvalue weighted by molar-refractivity contribution is 5.89. The van der Waals surface area contributed by atoms with Crippen LogP contribution in [0.15, 0.2) is 24.4 Å². The Kier molecular flexibility index (Phi) is 2.58. The van der Waals surface area contributed by atoms with Gasteiger partial charge in [-0.3, -0.25) is 0 Å². The van der Waals surface area contributed by atoms with Crippen LogP contribution in [0.5, 0.6) is 0 Å². The number of aromatic amines is 1. The number of fused-ring (bicyclic) bond motifs is 1. The Hall–Kier alpha value is -1.79. The fraction of sp³-hybridized carbons (Fsp3) is 0.357. The lowest BCUT2D eigenvalue weighted by Gasteiger charge is -2.22. The van der Waals surface area contributed by atoms with E-state index in [9.17, 15) is 5.26 Å². The van der Waals surface area contributed by atoms with Gasteiger partial charge >= 0.3 is 0 Å². The van der Waals surface area contributed by atoms with E-state index in [-0.39, 0.29) is 0 Å². The summed E-state index contributed by atoms with van der Waals surface area (Å²) < 4.78 is 0. The van der Waals surface area contributed by atoms with E-state index in [0.29, 0.717) is 5.92 Å². The van der Waals surface area contributed by atoms with Gasteiger partial charge in [0.15, 0.2) is 0 Å². The molecule has 1 saturated heterocycles. The zero-order chi connectivity index (χ0) is 11.7. The number of nitrogens with one attached hydrogen (secondary N) is 2. The van der Waals surface area contributed by atoms with Crippen molar-refractivity contribution in [3.8, 4) is 6.07 Å². The normalized spacial score (nSPS) is 17.1. The van der Waals surface area contributed by atoms with Gasteiger partial charge in [-0.2, -0.15) is 5.26 Å². The van der Waals surface area contributed by atoms with Crippen LogP contribution < -0.4 is 5.32 Å². The molecular formula is C14H15N3. The van der Waals surface area contributed by atoms with E-state index in [1.165, 1.54) is 5.56 Å². The molecule has 0 saturated carbocycles. The summed E-state index contributed by atoms with van der Waals surface area (Å²) in [6.45, 7) is 2.15. The maximum atomic E-state index is 9.20. The molecule has 1 aromatic heterocycles. The lowest BCUT2D eigenvalue weighted by Crippen LogP contribution is -2.26. The van der Waals surface area contributed by atoms with E-state index >= 15 is 0 Å². The predicted octanol–water partition coefficient (Wildman–Crippen LogP) is 2.51. The average molecular weight is 225 g/mol. The molecule has 86 valence electrons. The van der Waals surface area contributed by atoms with E-state index in [0.717, 1.165) is 42.4 Å². The van der Waals surface area contributed by atoms with Crippen LogP contribution in [0.1, 0.15) is 29.9 Å². The number of hydrogen-bond acceptors (Lipinski definition) is 2. The van der Waals surface area contributed by atoms with Crippen LogP contribution in [0.3, 0.4) is 0 Å². The van der Waals surface area contributed by atoms with Crippen molar-refractivity contribution in [3.63, 3.8) is 0 Å². The minimum atomic E-state index is 0.583. The summed E-state index contributed by atoms with van der Waals surface area (Å²) in [5, 5.41) is 13.7. The molecule has 0 aliphatic carbocycles. The molecular weight excluding hydrogens is 210 g/mol. The Balaban J connectivity index is 2.13. The number of hydrogen-bond donors (Lipinski definition) is 2. The van der Waals surface area contributed by atoms with E-state index in [1.807, 2.05) is 18.2 Å². The van der Waals surface area contributed by atoms with Crippen molar-refractivity contribution >= 4 is 10.9 Å². The zero-order valence-electron chi connectivity index (χ0n) is 9.66. The van der Waals surface area contributed by atoms with E-state index < -0.39 is 0 Å². The first-order valence-corrected chi connectivity index (χ1v) is 6.11. The topological polar surface area (TPSA) is 51.6 Å². The SMILES string of the molecule is N#Cc1cccc2[nH]cc(C3CCNCC3)c12. The number of nitrogens with zero attached hydrogens (tertiary/aromatic N) is 1. The van der Waals surface area contributed by atoms with Crippen molar-refractivity contribution in [3.05, 3.63) is 35.5 Å². The van der Waals surface area contributed by atoms with Gasteiger partial charge in [0.05, 0.1) is 11.6 Å². The molecule has 0 unspecified atom stereocenters. The Morgan fingerprint density at radius 1 is 1.24 bits per heavy atom. The second-order valence-electron chi connectivity index (χ2n) is 4.61. The van der Waals surface area contributed by atoms with Crippen LogP contribution >= 0.6 is 0 Å². The molecule has 1 aliphatic rings. The van der Waals surface area contributed by atoms with E-state index in [2.05, 4.69) is 22.6 Å². The summed E-state index contributed by atoms with van der Waals surface area (Å²) in [5.41, 5.74) is 3.19. The predicted molar refractivity (Wildman–Crippen MR) is 67.9 cm³/mol. The summed E-state index contributed by atoms with van der Waals surface area (Å²) in [7, 11) is 0. The number of H-pyrrole nitrogens is 1. The van der Waals surface area contributed by atoms with E-state index in [4.69, 9.17) is 0 Å². The van der Waals surface area contributed by atoms with Gasteiger partial charge in [-0.25, -0.2) is 0 Å². The van der Waals surface area contributed by atoms with Crippen LogP contribution in [0.2, 0.25) is 0 Å². The van der Waals surface area contributed by atoms with Crippen LogP contribution in [0.4, 0.5) is 0 Å². The molecule has 3 nitrogen and oxygen atoms in total. The molecule has 3 rings (SSSR count). The zero-order valence-corrected chi connectivity index (χ0v) is 9.66. The summed E-state index contributed by atoms with van der Waals surface area (Å²) in [5.74, 6) is 0.583. The third-order valence-corrected chi connectivity index (χ3v) is 3.64. The summed E-state index contributed by atoms with van der Waals surface area (Å²) in [6.07, 6.45) is 4.40. The van der Waals surface area contributed by atoms with Crippen molar-refractivity contribution in [2.75, 3.05) is 13.1 Å². The monoisotopic (exact) mass is 225 g/mol. The van der Waals surface area contributed by atoms with E-state index in [1.54, 1.807) is 0 Å². The molecule has 3 heteroatoms. The number of piperidine rings is 1. The van der Waals surface area contributed by atoms with Gasteiger partial charge in [0, 0.05) is 17.1 Å². The highest BCUT2D eigenvalue weighted by Crippen LogP contribution is 2.33. The maximum Gasteiger partial charge on any atom is 0.0998 e. The molecule has 0 radical (unpaired) electrons. The van der Waals surface area contributed by atoms with Crippen molar-refractivity contribution in [2.45, 2.75) is 18.8 Å². The Bertz CT molecular complexity index is 571. The first-order chi connectivity index (χ1) is 8.40. The highest BCUT2D eigenvalue weighted by atomic mass is 14.9. The molecule has 0 bridgehead atoms. The molecule has 0 atom stereocenters. The summed E-state index contributed by atoms with van der Waals surface area (Å²) in [6, 6.07) is 8.18. The van der Waals surface area contributed by atoms with Crippen molar-refractivity contribution in [2.24, 2.45) is 0 Å². The second kappa shape index (κ2) is 4.23. The first-order valence-electron chi connectivity index (χ1n) is 6.11. The fourth-order valence-electron chi connectivity index (χ4n) is 2.76. The highest BCUT2D eigenvalue weighted by Gasteiger charge is 2.19. The smallest absolute Gasteiger partial charge is 0.0998 e. The Morgan fingerprint density at radius 3 is 2.82 bits per heavy atom. The molecule has 2 heterocycles. The average Bonchev–Trinajstić information content (AvgIpc) is 2.83. The maximum absolute atomic E-state index is 9.20. The summed E-state index contributed by atoms with van der Waals surface area (Å²) >= 11 is 0. The van der Waals surface area contributed by atoms with Gasteiger partial charge in [-0.15, -0.1) is 0 Å². The van der Waals surface area contributed by atoms with Crippen LogP contribution in [0, 0.1) is 11.3 Å². The number of benzene rings is 1. The van der Waals surface area contributed by atoms with Crippen molar-refractivity contribution in [1.29, 1.82) is 5.26 Å². The summed E-state index contributed by atoms with van der Waals surface area (Å²) in [4.78, 5) is 3.29. The molecule has 17 heavy (non-hydrogen) atoms. The number of rotatable bonds is 1. The third-order valence-electron chi connectivity index (χ3n) is 3.64. The quantitative estimate of drug-likeness (QED) is 0.783. The minimum Gasteiger partial charge on any atom is -0.361 e. The van der Waals surface area contributed by atoms with Crippen LogP contribution in [-0.4, -0.2) is 18.1 Å². The van der Waals surface area contributed by atoms with Crippen molar-refractivity contribution < 1.29 is 0 Å². The largest absolute Gasteiger partial charge is 0.361 e.